The summed E-state index contributed by atoms with van der Waals surface area (Å²) < 4.78 is 68.3. The Morgan fingerprint density at radius 3 is 0.648 bits per heavy atom. The Bertz CT molecular complexity index is 1740. The van der Waals surface area contributed by atoms with Crippen molar-refractivity contribution in [2.24, 2.45) is 0 Å². The van der Waals surface area contributed by atoms with Crippen molar-refractivity contribution in [1.29, 1.82) is 0 Å². The van der Waals surface area contributed by atoms with E-state index < -0.39 is 97.5 Å². The molecule has 3 N–H and O–H groups in total. The lowest BCUT2D eigenvalue weighted by Crippen LogP contribution is -2.30. The van der Waals surface area contributed by atoms with Crippen LogP contribution in [0.1, 0.15) is 381 Å². The van der Waals surface area contributed by atoms with Crippen molar-refractivity contribution in [3.05, 3.63) is 0 Å². The molecule has 0 aliphatic carbocycles. The third kappa shape index (κ3) is 66.5. The summed E-state index contributed by atoms with van der Waals surface area (Å²) in [7, 11) is -9.90. The zero-order valence-electron chi connectivity index (χ0n) is 58.8. The summed E-state index contributed by atoms with van der Waals surface area (Å²) in [4.78, 5) is 72.5. The second kappa shape index (κ2) is 66.7. The molecule has 0 saturated heterocycles. The SMILES string of the molecule is CCCCCCCCCCCCCCCCCCCC(=O)O[C@H](COC(=O)CCCCCCCCCCCCCCCCC)COP(=O)(O)OC[C@@H](O)COP(=O)(O)OC[C@@H](COC(=O)CCCCCCCCCC)OC(=O)CCCCCCCCCCCCC. The summed E-state index contributed by atoms with van der Waals surface area (Å²) in [5.41, 5.74) is 0. The highest BCUT2D eigenvalue weighted by Gasteiger charge is 2.30. The first-order valence-corrected chi connectivity index (χ1v) is 40.8. The van der Waals surface area contributed by atoms with Crippen LogP contribution in [-0.4, -0.2) is 96.7 Å². The Balaban J connectivity index is 5.21. The second-order valence-corrected chi connectivity index (χ2v) is 28.9. The van der Waals surface area contributed by atoms with Crippen molar-refractivity contribution in [3.63, 3.8) is 0 Å². The van der Waals surface area contributed by atoms with Crippen LogP contribution in [0.15, 0.2) is 0 Å². The fourth-order valence-electron chi connectivity index (χ4n) is 11.0. The van der Waals surface area contributed by atoms with Gasteiger partial charge in [-0.2, -0.15) is 0 Å². The van der Waals surface area contributed by atoms with Crippen LogP contribution in [0.2, 0.25) is 0 Å². The zero-order valence-corrected chi connectivity index (χ0v) is 60.6. The van der Waals surface area contributed by atoms with Gasteiger partial charge in [0.1, 0.15) is 19.3 Å². The highest BCUT2D eigenvalue weighted by atomic mass is 31.2. The summed E-state index contributed by atoms with van der Waals surface area (Å²) in [6.45, 7) is 4.94. The standard InChI is InChI=1S/C72H140O17P2/c1-5-9-13-17-21-25-28-30-32-33-35-37-40-43-47-51-55-59-72(77)89-68(63-83-70(75)57-53-49-45-41-39-36-34-31-29-26-22-18-14-10-6-2)65-87-91(80,81)85-61-66(73)60-84-90(78,79)86-64-67(62-82-69(74)56-52-48-44-24-20-16-12-8-4)88-71(76)58-54-50-46-42-38-27-23-19-15-11-7-3/h66-68,73H,5-65H2,1-4H3,(H,78,79)(H,80,81)/t66-,67+,68+/m0/s1. The minimum atomic E-state index is -4.95. The smallest absolute Gasteiger partial charge is 0.462 e. The van der Waals surface area contributed by atoms with Crippen molar-refractivity contribution in [2.75, 3.05) is 39.6 Å². The van der Waals surface area contributed by atoms with Gasteiger partial charge >= 0.3 is 39.5 Å². The largest absolute Gasteiger partial charge is 0.472 e. The molecule has 0 spiro atoms. The highest BCUT2D eigenvalue weighted by molar-refractivity contribution is 7.47. The predicted octanol–water partition coefficient (Wildman–Crippen LogP) is 21.1. The molecule has 0 rings (SSSR count). The van der Waals surface area contributed by atoms with Crippen LogP contribution in [-0.2, 0) is 65.4 Å². The lowest BCUT2D eigenvalue weighted by Gasteiger charge is -2.21. The first-order valence-electron chi connectivity index (χ1n) is 37.8. The molecule has 0 aromatic heterocycles. The summed E-state index contributed by atoms with van der Waals surface area (Å²) in [5, 5.41) is 10.6. The van der Waals surface area contributed by atoms with Crippen molar-refractivity contribution in [2.45, 2.75) is 399 Å². The number of hydrogen-bond donors (Lipinski definition) is 3. The molecule has 0 aliphatic heterocycles. The van der Waals surface area contributed by atoms with Gasteiger partial charge in [-0.3, -0.25) is 37.3 Å². The van der Waals surface area contributed by atoms with Crippen molar-refractivity contribution < 1.29 is 80.2 Å². The van der Waals surface area contributed by atoms with Crippen molar-refractivity contribution >= 4 is 39.5 Å². The van der Waals surface area contributed by atoms with Crippen LogP contribution in [0, 0.1) is 0 Å². The van der Waals surface area contributed by atoms with E-state index in [1.165, 1.54) is 205 Å². The average molecular weight is 1340 g/mol. The molecule has 5 atom stereocenters. The van der Waals surface area contributed by atoms with Gasteiger partial charge in [-0.25, -0.2) is 9.13 Å². The van der Waals surface area contributed by atoms with Crippen molar-refractivity contribution in [3.8, 4) is 0 Å². The molecule has 2 unspecified atom stereocenters. The van der Waals surface area contributed by atoms with Gasteiger partial charge in [0.2, 0.25) is 0 Å². The van der Waals surface area contributed by atoms with E-state index in [4.69, 9.17) is 37.0 Å². The number of phosphoric acid groups is 2. The van der Waals surface area contributed by atoms with Crippen LogP contribution < -0.4 is 0 Å². The molecular formula is C72H140O17P2. The van der Waals surface area contributed by atoms with E-state index >= 15 is 0 Å². The van der Waals surface area contributed by atoms with Gasteiger partial charge in [0.25, 0.3) is 0 Å². The molecule has 0 aromatic carbocycles. The summed E-state index contributed by atoms with van der Waals surface area (Å²) >= 11 is 0. The van der Waals surface area contributed by atoms with Crippen LogP contribution >= 0.6 is 15.6 Å². The van der Waals surface area contributed by atoms with Crippen LogP contribution in [0.3, 0.4) is 0 Å². The summed E-state index contributed by atoms with van der Waals surface area (Å²) in [5.74, 6) is -2.12. The molecule has 0 radical (unpaired) electrons. The van der Waals surface area contributed by atoms with Crippen molar-refractivity contribution in [1.82, 2.24) is 0 Å². The Kier molecular flexibility index (Phi) is 65.2. The van der Waals surface area contributed by atoms with Gasteiger partial charge in [-0.05, 0) is 25.7 Å². The quantitative estimate of drug-likeness (QED) is 0.0222. The zero-order chi connectivity index (χ0) is 66.8. The fraction of sp³-hybridized carbons (Fsp3) is 0.944. The molecule has 91 heavy (non-hydrogen) atoms. The minimum Gasteiger partial charge on any atom is -0.462 e. The number of aliphatic hydroxyl groups is 1. The number of rotatable bonds is 73. The van der Waals surface area contributed by atoms with E-state index in [2.05, 4.69) is 27.7 Å². The Labute approximate surface area is 556 Å². The Morgan fingerprint density at radius 1 is 0.264 bits per heavy atom. The van der Waals surface area contributed by atoms with Gasteiger partial charge in [0.05, 0.1) is 26.4 Å². The number of aliphatic hydroxyl groups excluding tert-OH is 1. The lowest BCUT2D eigenvalue weighted by atomic mass is 10.0. The third-order valence-electron chi connectivity index (χ3n) is 16.9. The maximum Gasteiger partial charge on any atom is 0.472 e. The maximum absolute atomic E-state index is 13.0. The molecule has 0 amide bonds. The first-order chi connectivity index (χ1) is 44.2. The first kappa shape index (κ1) is 89.1. The molecule has 0 aliphatic rings. The molecule has 17 nitrogen and oxygen atoms in total. The Morgan fingerprint density at radius 2 is 0.440 bits per heavy atom. The minimum absolute atomic E-state index is 0.107. The maximum atomic E-state index is 13.0. The molecule has 0 heterocycles. The number of carbonyl (C=O) groups excluding carboxylic acids is 4. The van der Waals surface area contributed by atoms with E-state index in [9.17, 15) is 43.2 Å². The molecule has 540 valence electrons. The molecule has 0 aromatic rings. The van der Waals surface area contributed by atoms with Crippen LogP contribution in [0.5, 0.6) is 0 Å². The number of unbranched alkanes of at least 4 members (excludes halogenated alkanes) is 47. The summed E-state index contributed by atoms with van der Waals surface area (Å²) in [6, 6.07) is 0. The molecular weight excluding hydrogens is 1200 g/mol. The van der Waals surface area contributed by atoms with E-state index in [0.717, 1.165) is 96.3 Å². The van der Waals surface area contributed by atoms with Crippen LogP contribution in [0.25, 0.3) is 0 Å². The number of carbonyl (C=O) groups is 4. The molecule has 0 fully saturated rings. The monoisotopic (exact) mass is 1340 g/mol. The lowest BCUT2D eigenvalue weighted by molar-refractivity contribution is -0.161. The Hall–Kier alpha value is -1.94. The molecule has 0 bridgehead atoms. The van der Waals surface area contributed by atoms with Gasteiger partial charge in [0.15, 0.2) is 12.2 Å². The topological polar surface area (TPSA) is 237 Å². The van der Waals surface area contributed by atoms with Gasteiger partial charge in [-0.15, -0.1) is 0 Å². The summed E-state index contributed by atoms with van der Waals surface area (Å²) in [6.07, 6.45) is 55.4. The van der Waals surface area contributed by atoms with E-state index in [-0.39, 0.29) is 25.7 Å². The number of hydrogen-bond acceptors (Lipinski definition) is 15. The predicted molar refractivity (Wildman–Crippen MR) is 368 cm³/mol. The van der Waals surface area contributed by atoms with E-state index in [1.807, 2.05) is 0 Å². The highest BCUT2D eigenvalue weighted by Crippen LogP contribution is 2.45. The third-order valence-corrected chi connectivity index (χ3v) is 18.8. The molecule has 0 saturated carbocycles. The number of esters is 4. The van der Waals surface area contributed by atoms with Gasteiger partial charge in [0, 0.05) is 25.7 Å². The number of ether oxygens (including phenoxy) is 4. The van der Waals surface area contributed by atoms with Gasteiger partial charge < -0.3 is 33.8 Å². The van der Waals surface area contributed by atoms with Crippen LogP contribution in [0.4, 0.5) is 0 Å². The van der Waals surface area contributed by atoms with Gasteiger partial charge in [-0.1, -0.05) is 329 Å². The normalized spacial score (nSPS) is 14.0. The molecule has 19 heteroatoms. The van der Waals surface area contributed by atoms with E-state index in [0.29, 0.717) is 25.7 Å². The van der Waals surface area contributed by atoms with E-state index in [1.54, 1.807) is 0 Å². The number of phosphoric ester groups is 2. The second-order valence-electron chi connectivity index (χ2n) is 26.0. The fourth-order valence-corrected chi connectivity index (χ4v) is 12.6. The average Bonchev–Trinajstić information content (AvgIpc) is 3.59.